The van der Waals surface area contributed by atoms with Gasteiger partial charge in [-0.3, -0.25) is 0 Å². The molecule has 2 rings (SSSR count). The van der Waals surface area contributed by atoms with Gasteiger partial charge in [-0.1, -0.05) is 0 Å². The van der Waals surface area contributed by atoms with E-state index in [9.17, 15) is 0 Å². The van der Waals surface area contributed by atoms with Crippen molar-refractivity contribution in [2.75, 3.05) is 0 Å². The zero-order chi connectivity index (χ0) is 13.0. The van der Waals surface area contributed by atoms with Crippen LogP contribution >= 0.6 is 0 Å². The third kappa shape index (κ3) is 3.99. The van der Waals surface area contributed by atoms with Gasteiger partial charge in [0.1, 0.15) is 0 Å². The Hall–Kier alpha value is -0.544. The van der Waals surface area contributed by atoms with Gasteiger partial charge in [0.15, 0.2) is 0 Å². The molecule has 2 aromatic rings. The van der Waals surface area contributed by atoms with Crippen molar-refractivity contribution >= 4 is 37.5 Å². The first-order valence-electron chi connectivity index (χ1n) is 6.53. The molecule has 93 valence electrons. The number of hydrogen-bond donors (Lipinski definition) is 0. The topological polar surface area (TPSA) is 0 Å². The Kier molecular flexibility index (Phi) is 4.68. The van der Waals surface area contributed by atoms with E-state index in [2.05, 4.69) is 75.5 Å². The predicted molar refractivity (Wildman–Crippen MR) is 86.1 cm³/mol. The fraction of sp³-hybridized carbons (Fsp3) is 0.250. The van der Waals surface area contributed by atoms with Crippen LogP contribution in [0.1, 0.15) is 0 Å². The quantitative estimate of drug-likeness (QED) is 0.735. The van der Waals surface area contributed by atoms with Gasteiger partial charge in [-0.2, -0.15) is 0 Å². The van der Waals surface area contributed by atoms with E-state index < -0.39 is 27.2 Å². The zero-order valence-corrected chi connectivity index (χ0v) is 15.3. The van der Waals surface area contributed by atoms with Crippen LogP contribution in [0.25, 0.3) is 0 Å². The normalized spacial score (nSPS) is 11.8. The van der Waals surface area contributed by atoms with Crippen LogP contribution in [-0.4, -0.2) is 27.2 Å². The van der Waals surface area contributed by atoms with Crippen molar-refractivity contribution in [1.82, 2.24) is 0 Å². The molecule has 0 bridgehead atoms. The van der Waals surface area contributed by atoms with E-state index in [-0.39, 0.29) is 0 Å². The average Bonchev–Trinajstić information content (AvgIpc) is 2.37. The molecular weight excluding hydrogens is 339 g/mol. The van der Waals surface area contributed by atoms with Crippen molar-refractivity contribution < 1.29 is 0 Å². The summed E-state index contributed by atoms with van der Waals surface area (Å²) < 4.78 is 1.48. The summed E-state index contributed by atoms with van der Waals surface area (Å²) in [7, 11) is -0.564. The van der Waals surface area contributed by atoms with E-state index in [0.717, 1.165) is 0 Å². The third-order valence-electron chi connectivity index (χ3n) is 2.95. The molecule has 0 amide bonds. The Labute approximate surface area is 117 Å². The van der Waals surface area contributed by atoms with Gasteiger partial charge in [0.05, 0.1) is 0 Å². The summed E-state index contributed by atoms with van der Waals surface area (Å²) in [5.74, 6) is 0. The van der Waals surface area contributed by atoms with Crippen LogP contribution in [-0.2, 0) is 0 Å². The van der Waals surface area contributed by atoms with Gasteiger partial charge in [-0.25, -0.2) is 0 Å². The monoisotopic (exact) mass is 361 g/mol. The second-order valence-electron chi connectivity index (χ2n) is 5.95. The summed E-state index contributed by atoms with van der Waals surface area (Å²) in [6, 6.07) is 22.2. The summed E-state index contributed by atoms with van der Waals surface area (Å²) in [6.07, 6.45) is 0. The van der Waals surface area contributed by atoms with Gasteiger partial charge in [0.25, 0.3) is 0 Å². The Morgan fingerprint density at radius 1 is 0.722 bits per heavy atom. The molecule has 0 aliphatic heterocycles. The molecule has 0 aliphatic rings. The molecular formula is C16H21SiSn. The molecule has 0 spiro atoms. The van der Waals surface area contributed by atoms with Crippen LogP contribution < -0.4 is 10.4 Å². The molecule has 2 heteroatoms. The standard InChI is InChI=1S/C13H12Si.3CH3.Sn/c1-14(12-8-4-2-5-9-12)13-10-6-3-7-11-13;;;;/h2-11H,1H2;3*1H3;. The Balaban J connectivity index is 2.36. The molecule has 0 aromatic heterocycles. The van der Waals surface area contributed by atoms with E-state index in [0.29, 0.717) is 0 Å². The fourth-order valence-corrected chi connectivity index (χ4v) is 17.7. The van der Waals surface area contributed by atoms with E-state index in [1.54, 1.807) is 10.4 Å². The van der Waals surface area contributed by atoms with Crippen molar-refractivity contribution in [2.24, 2.45) is 0 Å². The number of hydrogen-bond acceptors (Lipinski definition) is 0. The second kappa shape index (κ2) is 6.07. The summed E-state index contributed by atoms with van der Waals surface area (Å²) >= 11 is -1.77. The summed E-state index contributed by atoms with van der Waals surface area (Å²) in [5.41, 5.74) is 0. The molecule has 0 unspecified atom stereocenters. The summed E-state index contributed by atoms with van der Waals surface area (Å²) in [4.78, 5) is 7.64. The molecule has 1 radical (unpaired) electrons. The van der Waals surface area contributed by atoms with Crippen LogP contribution in [0.2, 0.25) is 18.9 Å². The maximum absolute atomic E-state index is 2.55. The van der Waals surface area contributed by atoms with Crippen LogP contribution in [0.4, 0.5) is 0 Å². The summed E-state index contributed by atoms with van der Waals surface area (Å²) in [6.45, 7) is 0. The Morgan fingerprint density at radius 3 is 1.44 bits per heavy atom. The Bertz CT molecular complexity index is 434. The van der Waals surface area contributed by atoms with Gasteiger partial charge in [-0.15, -0.1) is 0 Å². The molecule has 0 N–H and O–H groups in total. The SMILES string of the molecule is [CH3][Sn]([CH3])([CH3])[CH2][Si](c1ccccc1)c1ccccc1. The predicted octanol–water partition coefficient (Wildman–Crippen LogP) is 3.17. The van der Waals surface area contributed by atoms with Crippen molar-refractivity contribution in [3.63, 3.8) is 0 Å². The molecule has 18 heavy (non-hydrogen) atoms. The first kappa shape index (κ1) is 13.9. The molecule has 0 heterocycles. The molecule has 0 saturated heterocycles. The summed E-state index contributed by atoms with van der Waals surface area (Å²) in [5, 5.41) is 3.14. The average molecular weight is 360 g/mol. The van der Waals surface area contributed by atoms with Gasteiger partial charge in [0, 0.05) is 0 Å². The molecule has 0 fully saturated rings. The second-order valence-corrected chi connectivity index (χ2v) is 26.1. The molecule has 0 saturated carbocycles. The minimum absolute atomic E-state index is 0.564. The Morgan fingerprint density at radius 2 is 1.11 bits per heavy atom. The van der Waals surface area contributed by atoms with Crippen molar-refractivity contribution in [3.05, 3.63) is 60.7 Å². The molecule has 0 atom stereocenters. The first-order valence-corrected chi connectivity index (χ1v) is 18.8. The van der Waals surface area contributed by atoms with Gasteiger partial charge >= 0.3 is 117 Å². The maximum atomic E-state index is 2.55. The molecule has 2 aromatic carbocycles. The van der Waals surface area contributed by atoms with E-state index in [1.165, 1.54) is 4.06 Å². The van der Waals surface area contributed by atoms with Gasteiger partial charge in [0.2, 0.25) is 0 Å². The number of benzene rings is 2. The zero-order valence-electron chi connectivity index (χ0n) is 11.5. The minimum atomic E-state index is -1.77. The van der Waals surface area contributed by atoms with Crippen LogP contribution in [0.5, 0.6) is 0 Å². The van der Waals surface area contributed by atoms with Gasteiger partial charge in [-0.05, 0) is 0 Å². The van der Waals surface area contributed by atoms with Crippen molar-refractivity contribution in [1.29, 1.82) is 0 Å². The van der Waals surface area contributed by atoms with E-state index in [4.69, 9.17) is 0 Å². The van der Waals surface area contributed by atoms with Crippen molar-refractivity contribution in [2.45, 2.75) is 18.9 Å². The van der Waals surface area contributed by atoms with Gasteiger partial charge < -0.3 is 0 Å². The van der Waals surface area contributed by atoms with Crippen LogP contribution in [0.3, 0.4) is 0 Å². The third-order valence-corrected chi connectivity index (χ3v) is 18.5. The first-order chi connectivity index (χ1) is 8.56. The van der Waals surface area contributed by atoms with E-state index >= 15 is 0 Å². The van der Waals surface area contributed by atoms with Crippen LogP contribution in [0, 0.1) is 0 Å². The van der Waals surface area contributed by atoms with Crippen LogP contribution in [0.15, 0.2) is 60.7 Å². The fourth-order valence-electron chi connectivity index (χ4n) is 2.18. The number of rotatable bonds is 4. The van der Waals surface area contributed by atoms with Crippen molar-refractivity contribution in [3.8, 4) is 0 Å². The molecule has 0 nitrogen and oxygen atoms in total. The van der Waals surface area contributed by atoms with E-state index in [1.807, 2.05) is 0 Å². The molecule has 0 aliphatic carbocycles.